The fraction of sp³-hybridized carbons (Fsp3) is 0.143. The van der Waals surface area contributed by atoms with E-state index < -0.39 is 6.04 Å². The molecule has 0 aliphatic rings. The van der Waals surface area contributed by atoms with Gasteiger partial charge in [0, 0.05) is 23.8 Å². The second-order valence-corrected chi connectivity index (χ2v) is 7.34. The predicted octanol–water partition coefficient (Wildman–Crippen LogP) is 3.79. The van der Waals surface area contributed by atoms with Gasteiger partial charge >= 0.3 is 0 Å². The maximum absolute atomic E-state index is 13.2. The monoisotopic (exact) mass is 390 g/mol. The van der Waals surface area contributed by atoms with Crippen molar-refractivity contribution in [3.05, 3.63) is 78.0 Å². The molecule has 0 fully saturated rings. The van der Waals surface area contributed by atoms with Crippen molar-refractivity contribution in [3.63, 3.8) is 0 Å². The van der Waals surface area contributed by atoms with E-state index in [4.69, 9.17) is 0 Å². The van der Waals surface area contributed by atoms with Crippen LogP contribution >= 0.6 is 11.3 Å². The fourth-order valence-corrected chi connectivity index (χ4v) is 4.20. The van der Waals surface area contributed by atoms with Crippen LogP contribution in [0.25, 0.3) is 20.4 Å². The van der Waals surface area contributed by atoms with Gasteiger partial charge in [-0.3, -0.25) is 14.2 Å². The summed E-state index contributed by atoms with van der Waals surface area (Å²) in [5.41, 5.74) is 1.15. The van der Waals surface area contributed by atoms with Crippen LogP contribution in [-0.4, -0.2) is 27.0 Å². The Bertz CT molecular complexity index is 1230. The number of pyridine rings is 1. The maximum atomic E-state index is 13.2. The SMILES string of the molecule is C=CCN(C(=O)C(C)n1cnc2c(sc3ncccc32)c1=O)c1ccccc1. The standard InChI is InChI=1S/C21H18N4O2S/c1-3-12-24(15-8-5-4-6-9-15)20(26)14(2)25-13-23-17-16-10-7-11-22-19(16)28-18(17)21(25)27/h3-11,13-14H,1,12H2,2H3. The Balaban J connectivity index is 1.77. The third-order valence-electron chi connectivity index (χ3n) is 4.60. The third-order valence-corrected chi connectivity index (χ3v) is 5.69. The van der Waals surface area contributed by atoms with Gasteiger partial charge in [0.1, 0.15) is 15.6 Å². The first kappa shape index (κ1) is 18.1. The van der Waals surface area contributed by atoms with Crippen molar-refractivity contribution in [3.8, 4) is 0 Å². The van der Waals surface area contributed by atoms with Gasteiger partial charge in [-0.1, -0.05) is 24.3 Å². The predicted molar refractivity (Wildman–Crippen MR) is 113 cm³/mol. The number of aromatic nitrogens is 3. The molecule has 3 aromatic heterocycles. The lowest BCUT2D eigenvalue weighted by molar-refractivity contribution is -0.121. The molecule has 1 unspecified atom stereocenters. The summed E-state index contributed by atoms with van der Waals surface area (Å²) in [7, 11) is 0. The van der Waals surface area contributed by atoms with E-state index in [9.17, 15) is 9.59 Å². The van der Waals surface area contributed by atoms with Crippen LogP contribution in [0.2, 0.25) is 0 Å². The minimum atomic E-state index is -0.706. The number of amides is 1. The summed E-state index contributed by atoms with van der Waals surface area (Å²) in [6.07, 6.45) is 4.80. The molecule has 3 heterocycles. The van der Waals surface area contributed by atoms with E-state index in [1.54, 1.807) is 24.1 Å². The molecule has 0 aliphatic heterocycles. The topological polar surface area (TPSA) is 68.1 Å². The number of para-hydroxylation sites is 1. The number of hydrogen-bond donors (Lipinski definition) is 0. The molecule has 0 N–H and O–H groups in total. The molecule has 28 heavy (non-hydrogen) atoms. The van der Waals surface area contributed by atoms with Crippen LogP contribution in [0.15, 0.2) is 72.4 Å². The lowest BCUT2D eigenvalue weighted by Gasteiger charge is -2.25. The normalized spacial score (nSPS) is 12.2. The van der Waals surface area contributed by atoms with Crippen LogP contribution in [-0.2, 0) is 4.79 Å². The molecule has 0 saturated carbocycles. The average molecular weight is 390 g/mol. The van der Waals surface area contributed by atoms with Crippen molar-refractivity contribution in [1.29, 1.82) is 0 Å². The van der Waals surface area contributed by atoms with Gasteiger partial charge in [-0.15, -0.1) is 17.9 Å². The van der Waals surface area contributed by atoms with Gasteiger partial charge in [0.2, 0.25) is 5.91 Å². The van der Waals surface area contributed by atoms with Crippen molar-refractivity contribution in [1.82, 2.24) is 14.5 Å². The van der Waals surface area contributed by atoms with Crippen molar-refractivity contribution in [2.75, 3.05) is 11.4 Å². The van der Waals surface area contributed by atoms with Crippen molar-refractivity contribution in [2.45, 2.75) is 13.0 Å². The number of nitrogens with zero attached hydrogens (tertiary/aromatic N) is 4. The molecule has 0 spiro atoms. The van der Waals surface area contributed by atoms with Gasteiger partial charge in [-0.2, -0.15) is 0 Å². The zero-order valence-corrected chi connectivity index (χ0v) is 16.1. The number of carbonyl (C=O) groups excluding carboxylic acids is 1. The Kier molecular flexibility index (Phi) is 4.75. The van der Waals surface area contributed by atoms with E-state index in [1.165, 1.54) is 22.2 Å². The lowest BCUT2D eigenvalue weighted by atomic mass is 10.2. The highest BCUT2D eigenvalue weighted by atomic mass is 32.1. The van der Waals surface area contributed by atoms with Crippen molar-refractivity contribution in [2.24, 2.45) is 0 Å². The second kappa shape index (κ2) is 7.36. The number of rotatable bonds is 5. The number of hydrogen-bond acceptors (Lipinski definition) is 5. The molecular formula is C21H18N4O2S. The van der Waals surface area contributed by atoms with E-state index in [2.05, 4.69) is 16.5 Å². The van der Waals surface area contributed by atoms with Crippen LogP contribution in [0.3, 0.4) is 0 Å². The molecule has 0 saturated heterocycles. The quantitative estimate of drug-likeness (QED) is 0.486. The first-order valence-corrected chi connectivity index (χ1v) is 9.65. The lowest BCUT2D eigenvalue weighted by Crippen LogP contribution is -2.39. The molecule has 140 valence electrons. The molecule has 0 bridgehead atoms. The summed E-state index contributed by atoms with van der Waals surface area (Å²) in [4.78, 5) is 37.4. The maximum Gasteiger partial charge on any atom is 0.272 e. The summed E-state index contributed by atoms with van der Waals surface area (Å²) in [5, 5.41) is 0.850. The largest absolute Gasteiger partial charge is 0.307 e. The Morgan fingerprint density at radius 1 is 1.25 bits per heavy atom. The van der Waals surface area contributed by atoms with Crippen LogP contribution in [0.5, 0.6) is 0 Å². The van der Waals surface area contributed by atoms with E-state index in [0.717, 1.165) is 15.9 Å². The molecular weight excluding hydrogens is 372 g/mol. The van der Waals surface area contributed by atoms with Gasteiger partial charge in [0.15, 0.2) is 0 Å². The van der Waals surface area contributed by atoms with Gasteiger partial charge in [0.05, 0.1) is 11.8 Å². The summed E-state index contributed by atoms with van der Waals surface area (Å²) in [6.45, 7) is 5.80. The number of fused-ring (bicyclic) bond motifs is 3. The minimum absolute atomic E-state index is 0.200. The van der Waals surface area contributed by atoms with Gasteiger partial charge in [-0.25, -0.2) is 9.97 Å². The smallest absolute Gasteiger partial charge is 0.272 e. The summed E-state index contributed by atoms with van der Waals surface area (Å²) in [5.74, 6) is -0.200. The first-order chi connectivity index (χ1) is 13.6. The van der Waals surface area contributed by atoms with Crippen molar-refractivity contribution < 1.29 is 4.79 Å². The highest BCUT2D eigenvalue weighted by Crippen LogP contribution is 2.28. The van der Waals surface area contributed by atoms with Gasteiger partial charge < -0.3 is 4.90 Å². The molecule has 0 radical (unpaired) electrons. The molecule has 7 heteroatoms. The van der Waals surface area contributed by atoms with Crippen LogP contribution < -0.4 is 10.5 Å². The van der Waals surface area contributed by atoms with E-state index >= 15 is 0 Å². The minimum Gasteiger partial charge on any atom is -0.307 e. The van der Waals surface area contributed by atoms with E-state index in [1.807, 2.05) is 42.5 Å². The zero-order chi connectivity index (χ0) is 19.7. The van der Waals surface area contributed by atoms with Crippen molar-refractivity contribution >= 4 is 43.4 Å². The summed E-state index contributed by atoms with van der Waals surface area (Å²) in [6, 6.07) is 12.4. The Hall–Kier alpha value is -3.32. The zero-order valence-electron chi connectivity index (χ0n) is 15.3. The van der Waals surface area contributed by atoms with Crippen LogP contribution in [0.4, 0.5) is 5.69 Å². The Morgan fingerprint density at radius 3 is 2.79 bits per heavy atom. The fourth-order valence-electron chi connectivity index (χ4n) is 3.16. The van der Waals surface area contributed by atoms with E-state index in [-0.39, 0.29) is 11.5 Å². The number of benzene rings is 1. The van der Waals surface area contributed by atoms with Crippen LogP contribution in [0.1, 0.15) is 13.0 Å². The Labute approximate surface area is 165 Å². The number of thiophene rings is 1. The molecule has 0 aliphatic carbocycles. The van der Waals surface area contributed by atoms with Crippen LogP contribution in [0, 0.1) is 0 Å². The first-order valence-electron chi connectivity index (χ1n) is 8.83. The second-order valence-electron chi connectivity index (χ2n) is 6.34. The van der Waals surface area contributed by atoms with E-state index in [0.29, 0.717) is 16.8 Å². The summed E-state index contributed by atoms with van der Waals surface area (Å²) < 4.78 is 1.89. The molecule has 6 nitrogen and oxygen atoms in total. The summed E-state index contributed by atoms with van der Waals surface area (Å²) >= 11 is 1.30. The molecule has 4 rings (SSSR count). The molecule has 1 aromatic carbocycles. The molecule has 1 atom stereocenters. The third kappa shape index (κ3) is 2.99. The molecule has 1 amide bonds. The highest BCUT2D eigenvalue weighted by Gasteiger charge is 2.24. The highest BCUT2D eigenvalue weighted by molar-refractivity contribution is 7.25. The Morgan fingerprint density at radius 2 is 2.04 bits per heavy atom. The number of anilines is 1. The number of carbonyl (C=O) groups is 1. The average Bonchev–Trinajstić information content (AvgIpc) is 3.12. The van der Waals surface area contributed by atoms with Gasteiger partial charge in [0.25, 0.3) is 5.56 Å². The molecule has 4 aromatic rings. The van der Waals surface area contributed by atoms with Gasteiger partial charge in [-0.05, 0) is 31.2 Å².